The number of rotatable bonds is 5. The van der Waals surface area contributed by atoms with Crippen molar-refractivity contribution in [1.29, 1.82) is 0 Å². The van der Waals surface area contributed by atoms with Crippen LogP contribution in [0.2, 0.25) is 0 Å². The summed E-state index contributed by atoms with van der Waals surface area (Å²) in [7, 11) is 0. The van der Waals surface area contributed by atoms with Crippen LogP contribution in [0.4, 0.5) is 4.39 Å². The fraction of sp³-hybridized carbons (Fsp3) is 0.214. The van der Waals surface area contributed by atoms with Gasteiger partial charge in [0.1, 0.15) is 11.6 Å². The van der Waals surface area contributed by atoms with E-state index < -0.39 is 0 Å². The summed E-state index contributed by atoms with van der Waals surface area (Å²) in [5.74, 6) is 0.803. The number of hydrogen-bond acceptors (Lipinski definition) is 3. The Labute approximate surface area is 106 Å². The first-order valence-electron chi connectivity index (χ1n) is 5.88. The molecule has 94 valence electrons. The number of hydrogen-bond donors (Lipinski definition) is 1. The second-order valence-electron chi connectivity index (χ2n) is 3.80. The van der Waals surface area contributed by atoms with Gasteiger partial charge in [-0.3, -0.25) is 0 Å². The Morgan fingerprint density at radius 2 is 1.94 bits per heavy atom. The molecule has 0 aliphatic rings. The van der Waals surface area contributed by atoms with E-state index >= 15 is 0 Å². The van der Waals surface area contributed by atoms with E-state index in [1.165, 1.54) is 12.1 Å². The molecule has 2 rings (SSSR count). The summed E-state index contributed by atoms with van der Waals surface area (Å²) < 4.78 is 18.3. The zero-order chi connectivity index (χ0) is 12.8. The van der Waals surface area contributed by atoms with Crippen molar-refractivity contribution >= 4 is 0 Å². The molecule has 0 unspecified atom stereocenters. The number of ether oxygens (including phenoxy) is 1. The Balaban J connectivity index is 2.06. The van der Waals surface area contributed by atoms with Gasteiger partial charge >= 0.3 is 0 Å². The Kier molecular flexibility index (Phi) is 4.25. The van der Waals surface area contributed by atoms with Crippen LogP contribution >= 0.6 is 0 Å². The predicted molar refractivity (Wildman–Crippen MR) is 68.1 cm³/mol. The van der Waals surface area contributed by atoms with Gasteiger partial charge in [-0.15, -0.1) is 0 Å². The minimum Gasteiger partial charge on any atom is -0.439 e. The molecule has 1 aromatic heterocycles. The molecule has 2 aromatic rings. The summed E-state index contributed by atoms with van der Waals surface area (Å²) in [6.45, 7) is 3.64. The Morgan fingerprint density at radius 3 is 2.67 bits per heavy atom. The second kappa shape index (κ2) is 6.12. The van der Waals surface area contributed by atoms with E-state index in [-0.39, 0.29) is 5.82 Å². The maximum atomic E-state index is 12.7. The van der Waals surface area contributed by atoms with Gasteiger partial charge in [-0.05, 0) is 36.9 Å². The SMILES string of the molecule is CCNCc1cccc(Oc2ccc(F)cc2)n1. The highest BCUT2D eigenvalue weighted by atomic mass is 19.1. The molecular weight excluding hydrogens is 231 g/mol. The average Bonchev–Trinajstić information content (AvgIpc) is 2.40. The number of nitrogens with one attached hydrogen (secondary N) is 1. The quantitative estimate of drug-likeness (QED) is 0.880. The Hall–Kier alpha value is -1.94. The summed E-state index contributed by atoms with van der Waals surface area (Å²) in [5, 5.41) is 3.20. The minimum absolute atomic E-state index is 0.281. The number of pyridine rings is 1. The van der Waals surface area contributed by atoms with Gasteiger partial charge in [0.2, 0.25) is 5.88 Å². The van der Waals surface area contributed by atoms with E-state index in [1.54, 1.807) is 18.2 Å². The molecule has 0 bridgehead atoms. The van der Waals surface area contributed by atoms with Crippen LogP contribution < -0.4 is 10.1 Å². The van der Waals surface area contributed by atoms with Crippen molar-refractivity contribution in [2.45, 2.75) is 13.5 Å². The van der Waals surface area contributed by atoms with E-state index in [0.717, 1.165) is 12.2 Å². The van der Waals surface area contributed by atoms with Crippen molar-refractivity contribution in [3.05, 3.63) is 54.0 Å². The molecule has 1 heterocycles. The lowest BCUT2D eigenvalue weighted by atomic mass is 10.3. The summed E-state index contributed by atoms with van der Waals surface area (Å²) in [4.78, 5) is 4.35. The molecule has 4 heteroatoms. The van der Waals surface area contributed by atoms with E-state index in [1.807, 2.05) is 19.1 Å². The summed E-state index contributed by atoms with van der Waals surface area (Å²) >= 11 is 0. The molecule has 1 aromatic carbocycles. The van der Waals surface area contributed by atoms with Gasteiger partial charge < -0.3 is 10.1 Å². The highest BCUT2D eigenvalue weighted by molar-refractivity contribution is 5.27. The van der Waals surface area contributed by atoms with Crippen molar-refractivity contribution in [3.8, 4) is 11.6 Å². The highest BCUT2D eigenvalue weighted by Gasteiger charge is 2.00. The standard InChI is InChI=1S/C14H15FN2O/c1-2-16-10-12-4-3-5-14(17-12)18-13-8-6-11(15)7-9-13/h3-9,16H,2,10H2,1H3. The van der Waals surface area contributed by atoms with Gasteiger partial charge in [-0.25, -0.2) is 9.37 Å². The van der Waals surface area contributed by atoms with Crippen molar-refractivity contribution in [2.75, 3.05) is 6.54 Å². The van der Waals surface area contributed by atoms with Crippen molar-refractivity contribution in [3.63, 3.8) is 0 Å². The monoisotopic (exact) mass is 246 g/mol. The fourth-order valence-corrected chi connectivity index (χ4v) is 1.49. The molecule has 0 aliphatic carbocycles. The minimum atomic E-state index is -0.281. The van der Waals surface area contributed by atoms with Crippen LogP contribution in [0.3, 0.4) is 0 Å². The maximum absolute atomic E-state index is 12.7. The molecule has 0 saturated heterocycles. The van der Waals surface area contributed by atoms with Crippen LogP contribution in [0.1, 0.15) is 12.6 Å². The zero-order valence-electron chi connectivity index (χ0n) is 10.2. The van der Waals surface area contributed by atoms with Crippen molar-refractivity contribution < 1.29 is 9.13 Å². The first-order chi connectivity index (χ1) is 8.78. The fourth-order valence-electron chi connectivity index (χ4n) is 1.49. The first kappa shape index (κ1) is 12.5. The lowest BCUT2D eigenvalue weighted by Crippen LogP contribution is -2.12. The van der Waals surface area contributed by atoms with Gasteiger partial charge in [0.05, 0.1) is 5.69 Å². The van der Waals surface area contributed by atoms with Crippen LogP contribution in [0, 0.1) is 5.82 Å². The molecule has 0 atom stereocenters. The lowest BCUT2D eigenvalue weighted by Gasteiger charge is -2.06. The summed E-state index contributed by atoms with van der Waals surface area (Å²) in [6.07, 6.45) is 0. The third kappa shape index (κ3) is 3.53. The largest absolute Gasteiger partial charge is 0.439 e. The smallest absolute Gasteiger partial charge is 0.219 e. The number of aromatic nitrogens is 1. The van der Waals surface area contributed by atoms with E-state index in [2.05, 4.69) is 10.3 Å². The third-order valence-corrected chi connectivity index (χ3v) is 2.37. The van der Waals surface area contributed by atoms with Crippen LogP contribution in [-0.2, 0) is 6.54 Å². The van der Waals surface area contributed by atoms with Crippen molar-refractivity contribution in [2.24, 2.45) is 0 Å². The van der Waals surface area contributed by atoms with E-state index in [0.29, 0.717) is 18.2 Å². The van der Waals surface area contributed by atoms with Crippen LogP contribution in [0.5, 0.6) is 11.6 Å². The molecular formula is C14H15FN2O. The number of nitrogens with zero attached hydrogens (tertiary/aromatic N) is 1. The molecule has 3 nitrogen and oxygen atoms in total. The summed E-state index contributed by atoms with van der Waals surface area (Å²) in [6, 6.07) is 11.5. The molecule has 0 radical (unpaired) electrons. The maximum Gasteiger partial charge on any atom is 0.219 e. The number of halogens is 1. The van der Waals surface area contributed by atoms with Gasteiger partial charge in [-0.1, -0.05) is 13.0 Å². The Morgan fingerprint density at radius 1 is 1.17 bits per heavy atom. The van der Waals surface area contributed by atoms with Crippen LogP contribution in [0.15, 0.2) is 42.5 Å². The predicted octanol–water partition coefficient (Wildman–Crippen LogP) is 3.12. The lowest BCUT2D eigenvalue weighted by molar-refractivity contribution is 0.458. The summed E-state index contributed by atoms with van der Waals surface area (Å²) in [5.41, 5.74) is 0.913. The number of benzene rings is 1. The molecule has 0 fully saturated rings. The molecule has 0 aliphatic heterocycles. The van der Waals surface area contributed by atoms with Crippen molar-refractivity contribution in [1.82, 2.24) is 10.3 Å². The molecule has 0 saturated carbocycles. The van der Waals surface area contributed by atoms with Gasteiger partial charge in [-0.2, -0.15) is 0 Å². The van der Waals surface area contributed by atoms with Crippen LogP contribution in [-0.4, -0.2) is 11.5 Å². The van der Waals surface area contributed by atoms with Gasteiger partial charge in [0.15, 0.2) is 0 Å². The normalized spacial score (nSPS) is 10.3. The van der Waals surface area contributed by atoms with Crippen LogP contribution in [0.25, 0.3) is 0 Å². The molecule has 18 heavy (non-hydrogen) atoms. The third-order valence-electron chi connectivity index (χ3n) is 2.37. The highest BCUT2D eigenvalue weighted by Crippen LogP contribution is 2.19. The Bertz CT molecular complexity index is 499. The van der Waals surface area contributed by atoms with E-state index in [9.17, 15) is 4.39 Å². The van der Waals surface area contributed by atoms with Gasteiger partial charge in [0, 0.05) is 12.6 Å². The average molecular weight is 246 g/mol. The first-order valence-corrected chi connectivity index (χ1v) is 5.88. The van der Waals surface area contributed by atoms with Gasteiger partial charge in [0.25, 0.3) is 0 Å². The topological polar surface area (TPSA) is 34.1 Å². The van der Waals surface area contributed by atoms with E-state index in [4.69, 9.17) is 4.74 Å². The molecule has 1 N–H and O–H groups in total. The zero-order valence-corrected chi connectivity index (χ0v) is 10.2. The second-order valence-corrected chi connectivity index (χ2v) is 3.80. The molecule has 0 spiro atoms. The molecule has 0 amide bonds.